The van der Waals surface area contributed by atoms with Crippen LogP contribution in [0, 0.1) is 34.0 Å². The number of rotatable bonds is 2. The van der Waals surface area contributed by atoms with Crippen molar-refractivity contribution in [2.45, 2.75) is 120 Å². The number of ketones is 1. The molecule has 2 bridgehead atoms. The van der Waals surface area contributed by atoms with Crippen LogP contribution in [0.1, 0.15) is 79.6 Å². The number of carbonyl (C=O) groups excluding carboxylic acids is 3. The molecule has 7 fully saturated rings. The monoisotopic (exact) mass is 544 g/mol. The zero-order valence-electron chi connectivity index (χ0n) is 23.4. The molecule has 0 aromatic carbocycles. The fourth-order valence-corrected chi connectivity index (χ4v) is 10.8. The van der Waals surface area contributed by atoms with Crippen LogP contribution in [-0.4, -0.2) is 73.8 Å². The Hall–Kier alpha value is -1.81. The largest absolute Gasteiger partial charge is 0.461 e. The first kappa shape index (κ1) is 26.1. The molecular weight excluding hydrogens is 504 g/mol. The molecule has 0 aromatic rings. The first-order valence-corrected chi connectivity index (χ1v) is 14.5. The lowest BCUT2D eigenvalue weighted by atomic mass is 9.41. The van der Waals surface area contributed by atoms with Crippen molar-refractivity contribution in [1.82, 2.24) is 0 Å². The topological polar surface area (TPSA) is 143 Å². The second kappa shape index (κ2) is 7.15. The van der Waals surface area contributed by atoms with Gasteiger partial charge < -0.3 is 29.5 Å². The summed E-state index contributed by atoms with van der Waals surface area (Å²) in [6, 6.07) is 0. The summed E-state index contributed by atoms with van der Waals surface area (Å²) in [5, 5.41) is 36.4. The maximum Gasteiger partial charge on any atom is 0.315 e. The van der Waals surface area contributed by atoms with Gasteiger partial charge in [-0.15, -0.1) is 0 Å². The normalized spacial score (nSPS) is 60.5. The number of fused-ring (bicyclic) bond motifs is 7. The van der Waals surface area contributed by atoms with Gasteiger partial charge in [-0.1, -0.05) is 6.92 Å². The van der Waals surface area contributed by atoms with Gasteiger partial charge in [0.15, 0.2) is 11.9 Å². The van der Waals surface area contributed by atoms with Gasteiger partial charge in [-0.3, -0.25) is 14.4 Å². The first-order valence-electron chi connectivity index (χ1n) is 14.5. The van der Waals surface area contributed by atoms with E-state index in [4.69, 9.17) is 14.2 Å². The molecule has 3 N–H and O–H groups in total. The number of ether oxygens (including phenoxy) is 3. The summed E-state index contributed by atoms with van der Waals surface area (Å²) in [6.07, 6.45) is 4.34. The number of hydrogen-bond acceptors (Lipinski definition) is 9. The lowest BCUT2D eigenvalue weighted by molar-refractivity contribution is -0.282. The minimum absolute atomic E-state index is 0.0739. The number of esters is 2. The van der Waals surface area contributed by atoms with Crippen molar-refractivity contribution in [2.75, 3.05) is 0 Å². The lowest BCUT2D eigenvalue weighted by Gasteiger charge is -2.65. The van der Waals surface area contributed by atoms with Crippen LogP contribution in [0.5, 0.6) is 0 Å². The van der Waals surface area contributed by atoms with Crippen LogP contribution >= 0.6 is 0 Å². The van der Waals surface area contributed by atoms with E-state index in [9.17, 15) is 29.7 Å². The molecule has 0 unspecified atom stereocenters. The van der Waals surface area contributed by atoms with E-state index < -0.39 is 68.7 Å². The molecule has 13 atom stereocenters. The van der Waals surface area contributed by atoms with Gasteiger partial charge in [0.2, 0.25) is 0 Å². The molecule has 9 nitrogen and oxygen atoms in total. The standard InChI is InChI=1S/C30H40O9/c1-15(31)37-21-7-6-20(32)27(5)16-8-9-25(3)28(35,17(16)12-22-30(21,27)39-22)10-11-29(25,36)18-13-24(2)23(33)38-19(18)14-26(24,4)34/h6-7,16-19,21-22,34-36H,8-14H2,1-5H3/t16-,17+,18-,19-,21+,22-,24+,25+,26+,27+,28-,29+,30-/m1/s1. The molecule has 8 aliphatic rings. The highest BCUT2D eigenvalue weighted by atomic mass is 16.7. The van der Waals surface area contributed by atoms with Gasteiger partial charge in [-0.2, -0.15) is 0 Å². The number of aliphatic hydroxyl groups is 3. The molecule has 0 aromatic heterocycles. The third-order valence-electron chi connectivity index (χ3n) is 13.5. The molecule has 0 amide bonds. The highest BCUT2D eigenvalue weighted by Gasteiger charge is 2.84. The second-order valence-electron chi connectivity index (χ2n) is 14.6. The molecule has 214 valence electrons. The maximum atomic E-state index is 13.6. The summed E-state index contributed by atoms with van der Waals surface area (Å²) in [5.41, 5.74) is -7.76. The van der Waals surface area contributed by atoms with E-state index in [1.165, 1.54) is 13.0 Å². The van der Waals surface area contributed by atoms with Crippen LogP contribution in [0.25, 0.3) is 0 Å². The molecule has 3 saturated heterocycles. The van der Waals surface area contributed by atoms with E-state index in [-0.39, 0.29) is 30.1 Å². The van der Waals surface area contributed by atoms with E-state index >= 15 is 0 Å². The summed E-state index contributed by atoms with van der Waals surface area (Å²) < 4.78 is 17.8. The molecule has 1 spiro atoms. The summed E-state index contributed by atoms with van der Waals surface area (Å²) in [5.74, 6) is -1.87. The predicted molar refractivity (Wildman–Crippen MR) is 135 cm³/mol. The first-order chi connectivity index (χ1) is 18.0. The Bertz CT molecular complexity index is 1230. The Labute approximate surface area is 228 Å². The zero-order valence-corrected chi connectivity index (χ0v) is 23.4. The number of hydrogen-bond donors (Lipinski definition) is 3. The van der Waals surface area contributed by atoms with Crippen LogP contribution < -0.4 is 0 Å². The van der Waals surface area contributed by atoms with Gasteiger partial charge >= 0.3 is 11.9 Å². The van der Waals surface area contributed by atoms with Crippen molar-refractivity contribution in [3.63, 3.8) is 0 Å². The van der Waals surface area contributed by atoms with Crippen molar-refractivity contribution < 1.29 is 43.9 Å². The van der Waals surface area contributed by atoms with E-state index in [0.717, 1.165) is 0 Å². The number of carbonyl (C=O) groups is 3. The molecule has 4 saturated carbocycles. The molecule has 3 heterocycles. The van der Waals surface area contributed by atoms with Crippen molar-refractivity contribution in [1.29, 1.82) is 0 Å². The quantitative estimate of drug-likeness (QED) is 0.351. The van der Waals surface area contributed by atoms with Gasteiger partial charge in [-0.05, 0) is 83.3 Å². The minimum Gasteiger partial charge on any atom is -0.461 e. The van der Waals surface area contributed by atoms with Crippen LogP contribution in [-0.2, 0) is 28.6 Å². The summed E-state index contributed by atoms with van der Waals surface area (Å²) in [6.45, 7) is 8.60. The maximum absolute atomic E-state index is 13.6. The molecular formula is C30H40O9. The van der Waals surface area contributed by atoms with Gasteiger partial charge in [0.1, 0.15) is 11.7 Å². The highest BCUT2D eigenvalue weighted by molar-refractivity contribution is 5.98. The lowest BCUT2D eigenvalue weighted by Crippen LogP contribution is -2.73. The van der Waals surface area contributed by atoms with Crippen LogP contribution in [0.15, 0.2) is 12.2 Å². The van der Waals surface area contributed by atoms with Crippen molar-refractivity contribution in [2.24, 2.45) is 34.0 Å². The average molecular weight is 545 g/mol. The van der Waals surface area contributed by atoms with Gasteiger partial charge in [0.25, 0.3) is 0 Å². The van der Waals surface area contributed by atoms with Gasteiger partial charge in [0, 0.05) is 24.7 Å². The zero-order chi connectivity index (χ0) is 28.2. The fourth-order valence-electron chi connectivity index (χ4n) is 10.8. The summed E-state index contributed by atoms with van der Waals surface area (Å²) >= 11 is 0. The number of epoxide rings is 1. The second-order valence-corrected chi connectivity index (χ2v) is 14.6. The highest BCUT2D eigenvalue weighted by Crippen LogP contribution is 2.76. The Morgan fingerprint density at radius 2 is 1.64 bits per heavy atom. The molecule has 0 radical (unpaired) electrons. The average Bonchev–Trinajstić information content (AvgIpc) is 3.54. The van der Waals surface area contributed by atoms with Crippen LogP contribution in [0.3, 0.4) is 0 Å². The number of allylic oxidation sites excluding steroid dienone is 1. The summed E-state index contributed by atoms with van der Waals surface area (Å²) in [4.78, 5) is 38.3. The van der Waals surface area contributed by atoms with Crippen molar-refractivity contribution >= 4 is 17.7 Å². The van der Waals surface area contributed by atoms with Crippen molar-refractivity contribution in [3.05, 3.63) is 12.2 Å². The fraction of sp³-hybridized carbons (Fsp3) is 0.833. The van der Waals surface area contributed by atoms with Crippen LogP contribution in [0.4, 0.5) is 0 Å². The van der Waals surface area contributed by atoms with Gasteiger partial charge in [-0.25, -0.2) is 0 Å². The molecule has 39 heavy (non-hydrogen) atoms. The molecule has 8 rings (SSSR count). The third-order valence-corrected chi connectivity index (χ3v) is 13.5. The van der Waals surface area contributed by atoms with E-state index in [1.54, 1.807) is 19.9 Å². The Kier molecular flexibility index (Phi) is 4.78. The molecule has 3 aliphatic heterocycles. The van der Waals surface area contributed by atoms with Crippen LogP contribution in [0.2, 0.25) is 0 Å². The van der Waals surface area contributed by atoms with Crippen molar-refractivity contribution in [3.8, 4) is 0 Å². The Morgan fingerprint density at radius 1 is 0.974 bits per heavy atom. The predicted octanol–water partition coefficient (Wildman–Crippen LogP) is 1.99. The molecule has 9 heteroatoms. The summed E-state index contributed by atoms with van der Waals surface area (Å²) in [7, 11) is 0. The third kappa shape index (κ3) is 2.62. The minimum atomic E-state index is -1.31. The van der Waals surface area contributed by atoms with Gasteiger partial charge in [0.05, 0.1) is 33.7 Å². The van der Waals surface area contributed by atoms with E-state index in [2.05, 4.69) is 0 Å². The van der Waals surface area contributed by atoms with E-state index in [1.807, 2.05) is 13.8 Å². The Balaban J connectivity index is 1.26. The SMILES string of the molecule is CC(=O)O[C@H]1C=CC(=O)[C@]2(C)[C@@H]3CC[C@@]4(C)[C@@](O)(CC[C@]4(O)[C@@H]4C[C@@]5(C)C(=O)O[C@@H]4C[C@]5(C)O)[C@H]3C[C@H]3O[C@]132. The van der Waals surface area contributed by atoms with E-state index in [0.29, 0.717) is 38.5 Å². The Morgan fingerprint density at radius 3 is 2.28 bits per heavy atom. The molecule has 5 aliphatic carbocycles. The smallest absolute Gasteiger partial charge is 0.315 e.